The molecule has 3 aromatic rings. The molecule has 5 nitrogen and oxygen atoms in total. The number of para-hydroxylation sites is 1. The van der Waals surface area contributed by atoms with E-state index in [1.165, 1.54) is 12.1 Å². The van der Waals surface area contributed by atoms with Crippen molar-refractivity contribution in [1.82, 2.24) is 9.80 Å². The third-order valence-electron chi connectivity index (χ3n) is 6.91. The molecular formula is C31H35FN2O3. The second kappa shape index (κ2) is 13.0. The van der Waals surface area contributed by atoms with Gasteiger partial charge in [-0.15, -0.1) is 0 Å². The van der Waals surface area contributed by atoms with Gasteiger partial charge in [0.1, 0.15) is 18.2 Å². The molecule has 0 saturated heterocycles. The van der Waals surface area contributed by atoms with Crippen LogP contribution < -0.4 is 4.74 Å². The van der Waals surface area contributed by atoms with E-state index in [1.54, 1.807) is 29.2 Å². The number of carbonyl (C=O) groups is 2. The number of ether oxygens (including phenoxy) is 1. The number of hydrogen-bond acceptors (Lipinski definition) is 3. The van der Waals surface area contributed by atoms with Gasteiger partial charge >= 0.3 is 0 Å². The van der Waals surface area contributed by atoms with Crippen LogP contribution in [0.25, 0.3) is 0 Å². The van der Waals surface area contributed by atoms with Crippen LogP contribution in [0.15, 0.2) is 78.9 Å². The minimum Gasteiger partial charge on any atom is -0.491 e. The number of benzene rings is 3. The predicted molar refractivity (Wildman–Crippen MR) is 143 cm³/mol. The lowest BCUT2D eigenvalue weighted by Gasteiger charge is -2.33. The first-order chi connectivity index (χ1) is 18.1. The van der Waals surface area contributed by atoms with Gasteiger partial charge in [0, 0.05) is 19.6 Å². The average molecular weight is 503 g/mol. The third kappa shape index (κ3) is 6.76. The monoisotopic (exact) mass is 502 g/mol. The fraction of sp³-hybridized carbons (Fsp3) is 0.355. The first kappa shape index (κ1) is 26.4. The van der Waals surface area contributed by atoms with Gasteiger partial charge in [-0.2, -0.15) is 0 Å². The standard InChI is InChI=1S/C31H35FN2O3/c1-2-33-20-12-3-4-13-21-34(31(36)26-16-8-10-18-28(26)32)25(22-24-14-6-5-7-15-24)23-37-29-19-11-9-17-27(29)30(33)35/h5-11,14-19,25H,2-4,12-13,20-23H2,1H3/t25-/m0/s1. The van der Waals surface area contributed by atoms with Crippen molar-refractivity contribution >= 4 is 11.8 Å². The van der Waals surface area contributed by atoms with Gasteiger partial charge in [-0.05, 0) is 56.0 Å². The number of nitrogens with zero attached hydrogens (tertiary/aromatic N) is 2. The van der Waals surface area contributed by atoms with E-state index >= 15 is 0 Å². The van der Waals surface area contributed by atoms with E-state index < -0.39 is 5.82 Å². The van der Waals surface area contributed by atoms with Gasteiger partial charge in [0.05, 0.1) is 17.2 Å². The number of hydrogen-bond donors (Lipinski definition) is 0. The highest BCUT2D eigenvalue weighted by atomic mass is 19.1. The minimum absolute atomic E-state index is 0.0472. The van der Waals surface area contributed by atoms with Gasteiger partial charge in [0.2, 0.25) is 0 Å². The van der Waals surface area contributed by atoms with Crippen LogP contribution in [0.3, 0.4) is 0 Å². The lowest BCUT2D eigenvalue weighted by Crippen LogP contribution is -2.46. The van der Waals surface area contributed by atoms with Gasteiger partial charge in [-0.25, -0.2) is 4.39 Å². The number of halogens is 1. The van der Waals surface area contributed by atoms with Crippen LogP contribution in [0.2, 0.25) is 0 Å². The molecule has 0 unspecified atom stereocenters. The lowest BCUT2D eigenvalue weighted by molar-refractivity contribution is 0.0593. The molecule has 1 atom stereocenters. The normalized spacial score (nSPS) is 17.5. The van der Waals surface area contributed by atoms with Gasteiger partial charge in [-0.3, -0.25) is 9.59 Å². The Hall–Kier alpha value is -3.67. The summed E-state index contributed by atoms with van der Waals surface area (Å²) >= 11 is 0. The van der Waals surface area contributed by atoms with Gasteiger partial charge in [0.25, 0.3) is 11.8 Å². The molecule has 0 N–H and O–H groups in total. The Balaban J connectivity index is 1.70. The Morgan fingerprint density at radius 1 is 0.892 bits per heavy atom. The summed E-state index contributed by atoms with van der Waals surface area (Å²) in [5, 5.41) is 0. The zero-order valence-corrected chi connectivity index (χ0v) is 21.4. The number of carbonyl (C=O) groups excluding carboxylic acids is 2. The first-order valence-electron chi connectivity index (χ1n) is 13.2. The van der Waals surface area contributed by atoms with Crippen molar-refractivity contribution in [1.29, 1.82) is 0 Å². The maximum absolute atomic E-state index is 14.7. The van der Waals surface area contributed by atoms with E-state index in [-0.39, 0.29) is 30.0 Å². The van der Waals surface area contributed by atoms with Crippen molar-refractivity contribution in [2.24, 2.45) is 0 Å². The molecule has 0 saturated carbocycles. The van der Waals surface area contributed by atoms with E-state index in [9.17, 15) is 14.0 Å². The summed E-state index contributed by atoms with van der Waals surface area (Å²) in [7, 11) is 0. The second-order valence-electron chi connectivity index (χ2n) is 9.43. The summed E-state index contributed by atoms with van der Waals surface area (Å²) in [6.45, 7) is 4.00. The second-order valence-corrected chi connectivity index (χ2v) is 9.43. The SMILES string of the molecule is CCN1CCCCCCN(C(=O)c2ccccc2F)[C@@H](Cc2ccccc2)COc2ccccc2C1=O. The predicted octanol–water partition coefficient (Wildman–Crippen LogP) is 5.99. The summed E-state index contributed by atoms with van der Waals surface area (Å²) in [6, 6.07) is 23.0. The molecule has 0 radical (unpaired) electrons. The van der Waals surface area contributed by atoms with Crippen LogP contribution in [0.4, 0.5) is 4.39 Å². The van der Waals surface area contributed by atoms with Crippen LogP contribution in [0.5, 0.6) is 5.75 Å². The molecule has 4 rings (SSSR count). The Kier molecular flexibility index (Phi) is 9.30. The summed E-state index contributed by atoms with van der Waals surface area (Å²) in [5.74, 6) is -0.411. The van der Waals surface area contributed by atoms with Gasteiger partial charge < -0.3 is 14.5 Å². The molecule has 1 heterocycles. The summed E-state index contributed by atoms with van der Waals surface area (Å²) < 4.78 is 21.0. The molecule has 3 aromatic carbocycles. The molecule has 0 spiro atoms. The molecular weight excluding hydrogens is 467 g/mol. The molecule has 0 aliphatic carbocycles. The van der Waals surface area contributed by atoms with Crippen molar-refractivity contribution in [2.45, 2.75) is 45.1 Å². The molecule has 0 fully saturated rings. The van der Waals surface area contributed by atoms with Crippen molar-refractivity contribution in [3.63, 3.8) is 0 Å². The maximum atomic E-state index is 14.7. The fourth-order valence-corrected chi connectivity index (χ4v) is 4.85. The summed E-state index contributed by atoms with van der Waals surface area (Å²) in [6.07, 6.45) is 4.10. The molecule has 0 bridgehead atoms. The lowest BCUT2D eigenvalue weighted by atomic mass is 10.0. The smallest absolute Gasteiger partial charge is 0.257 e. The Labute approximate surface area is 218 Å². The van der Waals surface area contributed by atoms with Crippen molar-refractivity contribution in [2.75, 3.05) is 26.2 Å². The molecule has 1 aliphatic rings. The van der Waals surface area contributed by atoms with Crippen LogP contribution in [-0.4, -0.2) is 53.9 Å². The Morgan fingerprint density at radius 2 is 1.57 bits per heavy atom. The molecule has 0 aromatic heterocycles. The third-order valence-corrected chi connectivity index (χ3v) is 6.91. The Bertz CT molecular complexity index is 1180. The maximum Gasteiger partial charge on any atom is 0.257 e. The fourth-order valence-electron chi connectivity index (χ4n) is 4.85. The van der Waals surface area contributed by atoms with E-state index in [1.807, 2.05) is 54.3 Å². The molecule has 37 heavy (non-hydrogen) atoms. The largest absolute Gasteiger partial charge is 0.491 e. The summed E-state index contributed by atoms with van der Waals surface area (Å²) in [4.78, 5) is 30.7. The highest BCUT2D eigenvalue weighted by Gasteiger charge is 2.28. The quantitative estimate of drug-likeness (QED) is 0.440. The minimum atomic E-state index is -0.526. The van der Waals surface area contributed by atoms with Crippen LogP contribution >= 0.6 is 0 Å². The number of fused-ring (bicyclic) bond motifs is 1. The van der Waals surface area contributed by atoms with E-state index in [4.69, 9.17) is 4.74 Å². The van der Waals surface area contributed by atoms with E-state index in [0.717, 1.165) is 31.2 Å². The van der Waals surface area contributed by atoms with Crippen LogP contribution in [0, 0.1) is 5.82 Å². The molecule has 6 heteroatoms. The van der Waals surface area contributed by atoms with Gasteiger partial charge in [0.15, 0.2) is 0 Å². The van der Waals surface area contributed by atoms with Crippen molar-refractivity contribution in [3.8, 4) is 5.75 Å². The highest BCUT2D eigenvalue weighted by Crippen LogP contribution is 2.24. The van der Waals surface area contributed by atoms with Crippen LogP contribution in [-0.2, 0) is 6.42 Å². The Morgan fingerprint density at radius 3 is 2.32 bits per heavy atom. The van der Waals surface area contributed by atoms with Crippen molar-refractivity contribution in [3.05, 3.63) is 101 Å². The van der Waals surface area contributed by atoms with Crippen molar-refractivity contribution < 1.29 is 18.7 Å². The molecule has 1 aliphatic heterocycles. The topological polar surface area (TPSA) is 49.9 Å². The van der Waals surface area contributed by atoms with E-state index in [2.05, 4.69) is 0 Å². The average Bonchev–Trinajstić information content (AvgIpc) is 2.93. The zero-order valence-electron chi connectivity index (χ0n) is 21.4. The molecule has 2 amide bonds. The first-order valence-corrected chi connectivity index (χ1v) is 13.2. The number of amides is 2. The van der Waals surface area contributed by atoms with Gasteiger partial charge in [-0.1, -0.05) is 67.4 Å². The number of rotatable bonds is 4. The molecule has 194 valence electrons. The summed E-state index contributed by atoms with van der Waals surface area (Å²) in [5.41, 5.74) is 1.65. The zero-order chi connectivity index (χ0) is 26.0. The van der Waals surface area contributed by atoms with E-state index in [0.29, 0.717) is 37.4 Å². The highest BCUT2D eigenvalue weighted by molar-refractivity contribution is 5.97. The van der Waals surface area contributed by atoms with Crippen LogP contribution in [0.1, 0.15) is 58.9 Å².